The summed E-state index contributed by atoms with van der Waals surface area (Å²) in [6.07, 6.45) is 2.31. The molecule has 0 atom stereocenters. The monoisotopic (exact) mass is 551 g/mol. The fraction of sp³-hybridized carbons (Fsp3) is 0.179. The van der Waals surface area contributed by atoms with E-state index >= 15 is 0 Å². The van der Waals surface area contributed by atoms with E-state index in [-0.39, 0.29) is 5.56 Å². The molecule has 2 aliphatic rings. The zero-order valence-corrected chi connectivity index (χ0v) is 21.9. The van der Waals surface area contributed by atoms with Gasteiger partial charge in [-0.05, 0) is 61.1 Å². The second-order valence-electron chi connectivity index (χ2n) is 9.33. The summed E-state index contributed by atoms with van der Waals surface area (Å²) in [5, 5.41) is 0. The van der Waals surface area contributed by atoms with Gasteiger partial charge in [0.1, 0.15) is 10.6 Å². The quantitative estimate of drug-likeness (QED) is 0.260. The van der Waals surface area contributed by atoms with E-state index in [4.69, 9.17) is 9.15 Å². The molecule has 0 fully saturated rings. The number of aryl methyl sites for hydroxylation is 2. The number of hydrogen-bond acceptors (Lipinski definition) is 5. The molecule has 0 saturated carbocycles. The van der Waals surface area contributed by atoms with Gasteiger partial charge in [-0.2, -0.15) is 16.8 Å². The Morgan fingerprint density at radius 1 is 0.658 bits per heavy atom. The Bertz CT molecular complexity index is 1780. The lowest BCUT2D eigenvalue weighted by molar-refractivity contribution is 0.392. The van der Waals surface area contributed by atoms with Crippen LogP contribution in [0, 0.1) is 0 Å². The van der Waals surface area contributed by atoms with Crippen molar-refractivity contribution < 1.29 is 35.1 Å². The fourth-order valence-corrected chi connectivity index (χ4v) is 7.88. The van der Waals surface area contributed by atoms with Crippen molar-refractivity contribution in [1.29, 1.82) is 0 Å². The second kappa shape index (κ2) is 8.74. The zero-order chi connectivity index (χ0) is 26.8. The van der Waals surface area contributed by atoms with Gasteiger partial charge in [0.05, 0.1) is 29.4 Å². The molecule has 2 N–H and O–H groups in total. The van der Waals surface area contributed by atoms with Gasteiger partial charge in [-0.15, -0.1) is 0 Å². The van der Waals surface area contributed by atoms with E-state index in [0.29, 0.717) is 53.9 Å². The van der Waals surface area contributed by atoms with Gasteiger partial charge >= 0.3 is 11.5 Å². The molecule has 194 valence electrons. The molecule has 2 aliphatic carbocycles. The third kappa shape index (κ3) is 3.83. The number of hydrogen-bond donors (Lipinski definition) is 2. The third-order valence-corrected chi connectivity index (χ3v) is 9.24. The number of rotatable bonds is 4. The van der Waals surface area contributed by atoms with E-state index in [1.165, 1.54) is 12.1 Å². The molecule has 38 heavy (non-hydrogen) atoms. The molecule has 1 aromatic heterocycles. The van der Waals surface area contributed by atoms with Crippen LogP contribution in [0.25, 0.3) is 33.8 Å². The summed E-state index contributed by atoms with van der Waals surface area (Å²) in [5.41, 5.74) is 5.71. The summed E-state index contributed by atoms with van der Waals surface area (Å²) in [6, 6.07) is 18.2. The molecule has 0 amide bonds. The molecule has 1 heterocycles. The van der Waals surface area contributed by atoms with Crippen molar-refractivity contribution in [2.24, 2.45) is 0 Å². The van der Waals surface area contributed by atoms with Gasteiger partial charge in [0.2, 0.25) is 0 Å². The van der Waals surface area contributed by atoms with Crippen LogP contribution in [0.4, 0.5) is 0 Å². The normalized spacial score (nSPS) is 14.2. The summed E-state index contributed by atoms with van der Waals surface area (Å²) in [6.45, 7) is 0. The average molecular weight is 552 g/mol. The van der Waals surface area contributed by atoms with Crippen LogP contribution < -0.4 is 4.74 Å². The van der Waals surface area contributed by atoms with Crippen LogP contribution in [0.15, 0.2) is 74.9 Å². The summed E-state index contributed by atoms with van der Waals surface area (Å²) < 4.78 is 82.6. The molecular weight excluding hydrogens is 528 g/mol. The van der Waals surface area contributed by atoms with Crippen molar-refractivity contribution >= 4 is 20.2 Å². The van der Waals surface area contributed by atoms with Crippen LogP contribution >= 0.6 is 0 Å². The largest absolute Gasteiger partial charge is 0.495 e. The lowest BCUT2D eigenvalue weighted by Gasteiger charge is -2.23. The lowest BCUT2D eigenvalue weighted by atomic mass is 9.79. The van der Waals surface area contributed by atoms with Gasteiger partial charge in [-0.25, -0.2) is 4.42 Å². The van der Waals surface area contributed by atoms with E-state index in [1.807, 2.05) is 48.5 Å². The lowest BCUT2D eigenvalue weighted by Crippen LogP contribution is -2.16. The first kappa shape index (κ1) is 24.7. The Balaban J connectivity index is 1.81. The van der Waals surface area contributed by atoms with Crippen LogP contribution in [-0.4, -0.2) is 33.1 Å². The van der Waals surface area contributed by atoms with E-state index in [2.05, 4.69) is 0 Å². The minimum absolute atomic E-state index is 0.0389. The average Bonchev–Trinajstić information content (AvgIpc) is 2.89. The van der Waals surface area contributed by atoms with Crippen LogP contribution in [-0.2, 0) is 45.9 Å². The highest BCUT2D eigenvalue weighted by atomic mass is 32.2. The van der Waals surface area contributed by atoms with Crippen molar-refractivity contribution in [2.45, 2.75) is 35.5 Å². The topological polar surface area (TPSA) is 129 Å². The molecule has 3 aromatic carbocycles. The second-order valence-corrected chi connectivity index (χ2v) is 12.0. The van der Waals surface area contributed by atoms with Crippen LogP contribution in [0.5, 0.6) is 5.75 Å². The molecular formula is C28H23O8S2+. The van der Waals surface area contributed by atoms with Crippen LogP contribution in [0.1, 0.15) is 22.3 Å². The minimum Gasteiger partial charge on any atom is -0.495 e. The predicted octanol–water partition coefficient (Wildman–Crippen LogP) is 5.26. The van der Waals surface area contributed by atoms with Gasteiger partial charge in [-0.1, -0.05) is 36.4 Å². The first-order valence-corrected chi connectivity index (χ1v) is 14.8. The smallest absolute Gasteiger partial charge is 0.364 e. The van der Waals surface area contributed by atoms with Crippen molar-refractivity contribution in [3.05, 3.63) is 82.9 Å². The Hall–Kier alpha value is -3.57. The van der Waals surface area contributed by atoms with E-state index in [0.717, 1.165) is 29.4 Å². The van der Waals surface area contributed by atoms with Gasteiger partial charge in [0.25, 0.3) is 20.2 Å². The van der Waals surface area contributed by atoms with Crippen LogP contribution in [0.2, 0.25) is 0 Å². The minimum atomic E-state index is -5.15. The number of benzene rings is 3. The summed E-state index contributed by atoms with van der Waals surface area (Å²) in [7, 11) is -9.12. The standard InChI is InChI=1S/C28H22O8S2/c1-35-23-15-14-22(27(37(29,30)31)28(23)38(32,33)34)24-20-12-10-16-6-2-4-8-18(16)25(20)36-26-19-9-5-3-7-17(19)11-13-21(24)26/h2-9,14-15H,10-13H2,1H3,(H-,29,30,31,32,33,34)/p+1. The number of fused-ring (bicyclic) bond motifs is 6. The SMILES string of the molecule is COc1ccc(-c2c3c([o+]c4c2CCc2ccccc2-4)-c2ccccc2CC3)c(S(=O)(=O)O)c1S(=O)(=O)O. The Labute approximate surface area is 220 Å². The molecule has 8 nitrogen and oxygen atoms in total. The maximum absolute atomic E-state index is 12.8. The maximum Gasteiger partial charge on any atom is 0.364 e. The van der Waals surface area contributed by atoms with E-state index in [9.17, 15) is 25.9 Å². The van der Waals surface area contributed by atoms with E-state index < -0.39 is 35.8 Å². The fourth-order valence-electron chi connectivity index (χ4n) is 5.71. The van der Waals surface area contributed by atoms with Crippen molar-refractivity contribution in [2.75, 3.05) is 7.11 Å². The van der Waals surface area contributed by atoms with Crippen molar-refractivity contribution in [1.82, 2.24) is 0 Å². The molecule has 4 aromatic rings. The van der Waals surface area contributed by atoms with Crippen LogP contribution in [0.3, 0.4) is 0 Å². The highest BCUT2D eigenvalue weighted by Gasteiger charge is 2.41. The Morgan fingerprint density at radius 2 is 1.16 bits per heavy atom. The summed E-state index contributed by atoms with van der Waals surface area (Å²) in [5.74, 6) is 0.716. The Morgan fingerprint density at radius 3 is 1.63 bits per heavy atom. The summed E-state index contributed by atoms with van der Waals surface area (Å²) >= 11 is 0. The molecule has 10 heteroatoms. The number of methoxy groups -OCH3 is 1. The molecule has 0 radical (unpaired) electrons. The molecule has 0 saturated heterocycles. The van der Waals surface area contributed by atoms with Gasteiger partial charge in [-0.3, -0.25) is 9.11 Å². The molecule has 6 rings (SSSR count). The maximum atomic E-state index is 12.8. The number of ether oxygens (including phenoxy) is 1. The first-order valence-electron chi connectivity index (χ1n) is 11.9. The molecule has 0 bridgehead atoms. The van der Waals surface area contributed by atoms with Gasteiger partial charge < -0.3 is 4.74 Å². The third-order valence-electron chi connectivity index (χ3n) is 7.25. The highest BCUT2D eigenvalue weighted by Crippen LogP contribution is 2.50. The summed E-state index contributed by atoms with van der Waals surface area (Å²) in [4.78, 5) is -1.93. The van der Waals surface area contributed by atoms with Crippen molar-refractivity contribution in [3.8, 4) is 39.5 Å². The first-order chi connectivity index (χ1) is 18.1. The van der Waals surface area contributed by atoms with Gasteiger partial charge in [0.15, 0.2) is 4.90 Å². The Kier molecular flexibility index (Phi) is 5.69. The molecule has 0 unspecified atom stereocenters. The van der Waals surface area contributed by atoms with Crippen molar-refractivity contribution in [3.63, 3.8) is 0 Å². The zero-order valence-electron chi connectivity index (χ0n) is 20.3. The van der Waals surface area contributed by atoms with Gasteiger partial charge in [0, 0.05) is 11.1 Å². The molecule has 0 spiro atoms. The molecule has 0 aliphatic heterocycles. The predicted molar refractivity (Wildman–Crippen MR) is 140 cm³/mol. The highest BCUT2D eigenvalue weighted by molar-refractivity contribution is 7.89. The van der Waals surface area contributed by atoms with E-state index in [1.54, 1.807) is 0 Å².